The maximum absolute atomic E-state index is 12.4. The van der Waals surface area contributed by atoms with Crippen LogP contribution in [0.5, 0.6) is 0 Å². The van der Waals surface area contributed by atoms with Crippen LogP contribution >= 0.6 is 0 Å². The fourth-order valence-corrected chi connectivity index (χ4v) is 2.40. The molecule has 5 nitrogen and oxygen atoms in total. The number of rotatable bonds is 6. The Kier molecular flexibility index (Phi) is 6.52. The average molecular weight is 354 g/mol. The van der Waals surface area contributed by atoms with Gasteiger partial charge >= 0.3 is 0 Å². The Hall–Kier alpha value is -2.66. The van der Waals surface area contributed by atoms with Crippen LogP contribution in [0.2, 0.25) is 0 Å². The zero-order valence-electron chi connectivity index (χ0n) is 15.8. The highest BCUT2D eigenvalue weighted by atomic mass is 16.5. The second-order valence-electron chi connectivity index (χ2n) is 7.11. The lowest BCUT2D eigenvalue weighted by atomic mass is 9.87. The standard InChI is InChI=1S/C21H26N2O3/c1-21(2,3)17-9-5-16(6-10-17)20(25)23-18-11-7-15(8-12-18)19(24)22-13-14-26-4/h5-12H,13-14H2,1-4H3,(H,22,24)(H,23,25). The summed E-state index contributed by atoms with van der Waals surface area (Å²) in [4.78, 5) is 24.3. The number of methoxy groups -OCH3 is 1. The highest BCUT2D eigenvalue weighted by Gasteiger charge is 2.14. The van der Waals surface area contributed by atoms with Crippen LogP contribution in [0.1, 0.15) is 47.1 Å². The minimum Gasteiger partial charge on any atom is -0.383 e. The van der Waals surface area contributed by atoms with Crippen molar-refractivity contribution in [2.45, 2.75) is 26.2 Å². The number of nitrogens with one attached hydrogen (secondary N) is 2. The fourth-order valence-electron chi connectivity index (χ4n) is 2.40. The first kappa shape index (κ1) is 19.7. The number of anilines is 1. The predicted molar refractivity (Wildman–Crippen MR) is 104 cm³/mol. The Balaban J connectivity index is 1.98. The zero-order valence-corrected chi connectivity index (χ0v) is 15.8. The molecule has 26 heavy (non-hydrogen) atoms. The molecule has 5 heteroatoms. The minimum absolute atomic E-state index is 0.0503. The molecule has 0 saturated carbocycles. The summed E-state index contributed by atoms with van der Waals surface area (Å²) < 4.78 is 4.90. The molecule has 2 N–H and O–H groups in total. The van der Waals surface area contributed by atoms with Crippen LogP contribution in [-0.2, 0) is 10.2 Å². The highest BCUT2D eigenvalue weighted by molar-refractivity contribution is 6.04. The SMILES string of the molecule is COCCNC(=O)c1ccc(NC(=O)c2ccc(C(C)(C)C)cc2)cc1. The van der Waals surface area contributed by atoms with Gasteiger partial charge in [-0.2, -0.15) is 0 Å². The third-order valence-electron chi connectivity index (χ3n) is 4.01. The first-order valence-corrected chi connectivity index (χ1v) is 8.60. The second-order valence-corrected chi connectivity index (χ2v) is 7.11. The summed E-state index contributed by atoms with van der Waals surface area (Å²) in [6.45, 7) is 7.32. The summed E-state index contributed by atoms with van der Waals surface area (Å²) in [7, 11) is 1.58. The van der Waals surface area contributed by atoms with Gasteiger partial charge in [0, 0.05) is 30.5 Å². The van der Waals surface area contributed by atoms with Crippen molar-refractivity contribution < 1.29 is 14.3 Å². The molecule has 0 aliphatic carbocycles. The van der Waals surface area contributed by atoms with Crippen molar-refractivity contribution in [1.82, 2.24) is 5.32 Å². The van der Waals surface area contributed by atoms with Crippen molar-refractivity contribution in [3.63, 3.8) is 0 Å². The molecule has 0 bridgehead atoms. The molecule has 0 aromatic heterocycles. The van der Waals surface area contributed by atoms with Crippen molar-refractivity contribution in [1.29, 1.82) is 0 Å². The maximum atomic E-state index is 12.4. The summed E-state index contributed by atoms with van der Waals surface area (Å²) in [6.07, 6.45) is 0. The van der Waals surface area contributed by atoms with Crippen molar-refractivity contribution in [3.8, 4) is 0 Å². The van der Waals surface area contributed by atoms with Gasteiger partial charge in [0.1, 0.15) is 0 Å². The molecular formula is C21H26N2O3. The number of carbonyl (C=O) groups excluding carboxylic acids is 2. The Morgan fingerprint density at radius 1 is 0.885 bits per heavy atom. The highest BCUT2D eigenvalue weighted by Crippen LogP contribution is 2.22. The molecule has 0 saturated heterocycles. The Morgan fingerprint density at radius 3 is 1.96 bits per heavy atom. The largest absolute Gasteiger partial charge is 0.383 e. The van der Waals surface area contributed by atoms with Crippen molar-refractivity contribution in [2.24, 2.45) is 0 Å². The lowest BCUT2D eigenvalue weighted by Crippen LogP contribution is -2.26. The van der Waals surface area contributed by atoms with E-state index < -0.39 is 0 Å². The Morgan fingerprint density at radius 2 is 1.42 bits per heavy atom. The van der Waals surface area contributed by atoms with Crippen LogP contribution < -0.4 is 10.6 Å². The lowest BCUT2D eigenvalue weighted by molar-refractivity contribution is 0.0936. The van der Waals surface area contributed by atoms with Crippen LogP contribution in [0, 0.1) is 0 Å². The molecule has 2 rings (SSSR count). The van der Waals surface area contributed by atoms with Gasteiger partial charge in [-0.25, -0.2) is 0 Å². The first-order valence-electron chi connectivity index (χ1n) is 8.60. The summed E-state index contributed by atoms with van der Waals surface area (Å²) in [5.74, 6) is -0.347. The second kappa shape index (κ2) is 8.63. The van der Waals surface area contributed by atoms with E-state index in [4.69, 9.17) is 4.74 Å². The minimum atomic E-state index is -0.178. The lowest BCUT2D eigenvalue weighted by Gasteiger charge is -2.19. The maximum Gasteiger partial charge on any atom is 0.255 e. The molecule has 0 heterocycles. The molecule has 0 unspecified atom stereocenters. The molecule has 0 radical (unpaired) electrons. The van der Waals surface area contributed by atoms with Gasteiger partial charge in [0.25, 0.3) is 11.8 Å². The molecule has 2 aromatic carbocycles. The molecule has 0 atom stereocenters. The zero-order chi connectivity index (χ0) is 19.2. The molecule has 0 fully saturated rings. The van der Waals surface area contributed by atoms with Gasteiger partial charge in [0.2, 0.25) is 0 Å². The number of hydrogen-bond donors (Lipinski definition) is 2. The predicted octanol–water partition coefficient (Wildman–Crippen LogP) is 3.61. The van der Waals surface area contributed by atoms with Gasteiger partial charge in [-0.15, -0.1) is 0 Å². The summed E-state index contributed by atoms with van der Waals surface area (Å²) in [5, 5.41) is 5.60. The molecule has 0 aliphatic heterocycles. The van der Waals surface area contributed by atoms with E-state index in [0.29, 0.717) is 30.0 Å². The van der Waals surface area contributed by atoms with E-state index in [1.54, 1.807) is 31.4 Å². The van der Waals surface area contributed by atoms with Gasteiger partial charge < -0.3 is 15.4 Å². The molecule has 0 spiro atoms. The van der Waals surface area contributed by atoms with Crippen molar-refractivity contribution in [2.75, 3.05) is 25.6 Å². The molecule has 2 aromatic rings. The smallest absolute Gasteiger partial charge is 0.255 e. The van der Waals surface area contributed by atoms with E-state index >= 15 is 0 Å². The van der Waals surface area contributed by atoms with Gasteiger partial charge in [0.05, 0.1) is 6.61 Å². The van der Waals surface area contributed by atoms with E-state index in [-0.39, 0.29) is 17.2 Å². The molecule has 0 aliphatic rings. The Bertz CT molecular complexity index is 744. The van der Waals surface area contributed by atoms with E-state index in [2.05, 4.69) is 31.4 Å². The third-order valence-corrected chi connectivity index (χ3v) is 4.01. The number of ether oxygens (including phenoxy) is 1. The van der Waals surface area contributed by atoms with Crippen LogP contribution in [0.4, 0.5) is 5.69 Å². The molecular weight excluding hydrogens is 328 g/mol. The van der Waals surface area contributed by atoms with Gasteiger partial charge in [0.15, 0.2) is 0 Å². The summed E-state index contributed by atoms with van der Waals surface area (Å²) >= 11 is 0. The fraction of sp³-hybridized carbons (Fsp3) is 0.333. The summed E-state index contributed by atoms with van der Waals surface area (Å²) in [5.41, 5.74) is 3.00. The van der Waals surface area contributed by atoms with Gasteiger partial charge in [-0.3, -0.25) is 9.59 Å². The van der Waals surface area contributed by atoms with Crippen LogP contribution in [0.3, 0.4) is 0 Å². The summed E-state index contributed by atoms with van der Waals surface area (Å²) in [6, 6.07) is 14.4. The average Bonchev–Trinajstić information content (AvgIpc) is 2.62. The quantitative estimate of drug-likeness (QED) is 0.779. The van der Waals surface area contributed by atoms with E-state index in [1.165, 1.54) is 5.56 Å². The number of benzene rings is 2. The van der Waals surface area contributed by atoms with Gasteiger partial charge in [-0.05, 0) is 47.4 Å². The first-order chi connectivity index (χ1) is 12.3. The van der Waals surface area contributed by atoms with Crippen molar-refractivity contribution >= 4 is 17.5 Å². The van der Waals surface area contributed by atoms with Crippen LogP contribution in [0.15, 0.2) is 48.5 Å². The van der Waals surface area contributed by atoms with E-state index in [0.717, 1.165) is 0 Å². The van der Waals surface area contributed by atoms with E-state index in [9.17, 15) is 9.59 Å². The number of carbonyl (C=O) groups is 2. The van der Waals surface area contributed by atoms with E-state index in [1.807, 2.05) is 24.3 Å². The molecule has 2 amide bonds. The third kappa shape index (κ3) is 5.43. The topological polar surface area (TPSA) is 67.4 Å². The van der Waals surface area contributed by atoms with Crippen molar-refractivity contribution in [3.05, 3.63) is 65.2 Å². The van der Waals surface area contributed by atoms with Crippen LogP contribution in [-0.4, -0.2) is 32.1 Å². The van der Waals surface area contributed by atoms with Gasteiger partial charge in [-0.1, -0.05) is 32.9 Å². The normalized spacial score (nSPS) is 11.1. The number of amides is 2. The van der Waals surface area contributed by atoms with Crippen LogP contribution in [0.25, 0.3) is 0 Å². The number of hydrogen-bond acceptors (Lipinski definition) is 3. The molecule has 138 valence electrons. The monoisotopic (exact) mass is 354 g/mol. The Labute approximate surface area is 154 Å².